The topological polar surface area (TPSA) is 66.4 Å². The average molecular weight is 266 g/mol. The van der Waals surface area contributed by atoms with Crippen LogP contribution in [0.15, 0.2) is 29.8 Å². The van der Waals surface area contributed by atoms with Crippen LogP contribution in [0.5, 0.6) is 0 Å². The number of carbonyl (C=O) groups excluding carboxylic acids is 2. The normalized spacial score (nSPS) is 13.8. The number of esters is 1. The van der Waals surface area contributed by atoms with Crippen molar-refractivity contribution in [3.63, 3.8) is 0 Å². The van der Waals surface area contributed by atoms with Gasteiger partial charge in [0.2, 0.25) is 0 Å². The predicted molar refractivity (Wildman–Crippen MR) is 67.9 cm³/mol. The van der Waals surface area contributed by atoms with Crippen molar-refractivity contribution in [2.24, 2.45) is 0 Å². The van der Waals surface area contributed by atoms with Crippen LogP contribution in [0.3, 0.4) is 0 Å². The van der Waals surface area contributed by atoms with Crippen LogP contribution in [-0.4, -0.2) is 18.4 Å². The van der Waals surface area contributed by atoms with E-state index in [4.69, 9.17) is 0 Å². The van der Waals surface area contributed by atoms with Crippen molar-refractivity contribution in [2.75, 3.05) is 6.61 Å². The maximum Gasteiger partial charge on any atom is 1.00 e. The Morgan fingerprint density at radius 3 is 2.65 bits per heavy atom. The SMILES string of the molecule is CCOC(=O)C(=O)C1=C([O-])c2ccccc2CCC1.[Li+]. The number of fused-ring (bicyclic) bond motifs is 1. The molecule has 0 amide bonds. The van der Waals surface area contributed by atoms with Crippen LogP contribution in [0.25, 0.3) is 5.76 Å². The zero-order valence-electron chi connectivity index (χ0n) is 11.8. The molecule has 0 heterocycles. The molecule has 0 saturated carbocycles. The van der Waals surface area contributed by atoms with Crippen molar-refractivity contribution >= 4 is 17.5 Å². The van der Waals surface area contributed by atoms with Crippen LogP contribution in [-0.2, 0) is 20.7 Å². The molecule has 0 unspecified atom stereocenters. The number of benzene rings is 1. The number of hydrogen-bond donors (Lipinski definition) is 0. The molecule has 1 aliphatic carbocycles. The van der Waals surface area contributed by atoms with Gasteiger partial charge in [-0.15, -0.1) is 0 Å². The molecule has 0 bridgehead atoms. The van der Waals surface area contributed by atoms with E-state index in [9.17, 15) is 14.7 Å². The summed E-state index contributed by atoms with van der Waals surface area (Å²) in [7, 11) is 0. The van der Waals surface area contributed by atoms with Crippen molar-refractivity contribution in [1.29, 1.82) is 0 Å². The maximum absolute atomic E-state index is 12.3. The molecule has 0 radical (unpaired) electrons. The van der Waals surface area contributed by atoms with E-state index in [-0.39, 0.29) is 36.8 Å². The maximum atomic E-state index is 12.3. The Labute approximate surface area is 130 Å². The first-order chi connectivity index (χ1) is 9.15. The number of hydrogen-bond acceptors (Lipinski definition) is 4. The van der Waals surface area contributed by atoms with Crippen LogP contribution in [0, 0.1) is 0 Å². The summed E-state index contributed by atoms with van der Waals surface area (Å²) in [5, 5.41) is 12.3. The second kappa shape index (κ2) is 7.33. The minimum absolute atomic E-state index is 0. The molecular formula is C15H15LiO4. The number of aryl methyl sites for hydroxylation is 1. The molecular weight excluding hydrogens is 251 g/mol. The molecule has 1 aromatic carbocycles. The van der Waals surface area contributed by atoms with Gasteiger partial charge in [-0.05, 0) is 42.9 Å². The Morgan fingerprint density at radius 2 is 1.95 bits per heavy atom. The smallest absolute Gasteiger partial charge is 0.872 e. The predicted octanol–water partition coefficient (Wildman–Crippen LogP) is -1.77. The monoisotopic (exact) mass is 266 g/mol. The third-order valence-corrected chi connectivity index (χ3v) is 3.14. The van der Waals surface area contributed by atoms with Gasteiger partial charge in [0, 0.05) is 0 Å². The molecule has 0 saturated heterocycles. The molecule has 0 fully saturated rings. The minimum atomic E-state index is -0.940. The molecule has 0 aromatic heterocycles. The molecule has 100 valence electrons. The first-order valence-corrected chi connectivity index (χ1v) is 6.35. The van der Waals surface area contributed by atoms with Gasteiger partial charge in [0.1, 0.15) is 0 Å². The zero-order valence-corrected chi connectivity index (χ0v) is 11.8. The van der Waals surface area contributed by atoms with Crippen molar-refractivity contribution in [1.82, 2.24) is 0 Å². The van der Waals surface area contributed by atoms with Crippen LogP contribution in [0.4, 0.5) is 0 Å². The molecule has 0 N–H and O–H groups in total. The third kappa shape index (κ3) is 3.33. The molecule has 20 heavy (non-hydrogen) atoms. The van der Waals surface area contributed by atoms with E-state index in [0.29, 0.717) is 18.4 Å². The van der Waals surface area contributed by atoms with E-state index < -0.39 is 11.8 Å². The van der Waals surface area contributed by atoms with Crippen molar-refractivity contribution in [3.05, 3.63) is 41.0 Å². The van der Waals surface area contributed by atoms with Gasteiger partial charge in [-0.3, -0.25) is 4.79 Å². The summed E-state index contributed by atoms with van der Waals surface area (Å²) in [6, 6.07) is 7.20. The van der Waals surface area contributed by atoms with E-state index in [2.05, 4.69) is 4.74 Å². The summed E-state index contributed by atoms with van der Waals surface area (Å²) in [5.74, 6) is -2.08. The molecule has 4 nitrogen and oxygen atoms in total. The van der Waals surface area contributed by atoms with Gasteiger partial charge >= 0.3 is 24.8 Å². The van der Waals surface area contributed by atoms with Crippen molar-refractivity contribution in [3.8, 4) is 0 Å². The molecule has 2 rings (SSSR count). The van der Waals surface area contributed by atoms with Crippen LogP contribution in [0.2, 0.25) is 0 Å². The van der Waals surface area contributed by atoms with E-state index in [1.807, 2.05) is 12.1 Å². The zero-order chi connectivity index (χ0) is 13.8. The Kier molecular flexibility index (Phi) is 6.06. The van der Waals surface area contributed by atoms with Gasteiger partial charge in [0.05, 0.1) is 6.61 Å². The van der Waals surface area contributed by atoms with Gasteiger partial charge in [-0.25, -0.2) is 4.79 Å². The number of Topliss-reactive ketones (excluding diaryl/α,β-unsaturated/α-hetero) is 1. The van der Waals surface area contributed by atoms with Gasteiger partial charge < -0.3 is 9.84 Å². The number of ketones is 1. The second-order valence-corrected chi connectivity index (χ2v) is 4.37. The van der Waals surface area contributed by atoms with Crippen LogP contribution in [0.1, 0.15) is 30.9 Å². The molecule has 1 aliphatic rings. The van der Waals surface area contributed by atoms with Crippen molar-refractivity contribution < 1.29 is 38.3 Å². The quantitative estimate of drug-likeness (QED) is 0.369. The number of rotatable bonds is 3. The Morgan fingerprint density at radius 1 is 1.25 bits per heavy atom. The number of carbonyl (C=O) groups is 2. The number of ether oxygens (including phenoxy) is 1. The Hall–Kier alpha value is -1.50. The largest absolute Gasteiger partial charge is 1.00 e. The second-order valence-electron chi connectivity index (χ2n) is 4.37. The molecule has 0 aliphatic heterocycles. The summed E-state index contributed by atoms with van der Waals surface area (Å²) < 4.78 is 4.67. The van der Waals surface area contributed by atoms with Crippen molar-refractivity contribution in [2.45, 2.75) is 26.2 Å². The van der Waals surface area contributed by atoms with Crippen LogP contribution < -0.4 is 24.0 Å². The van der Waals surface area contributed by atoms with Gasteiger partial charge in [-0.2, -0.15) is 0 Å². The molecule has 0 atom stereocenters. The van der Waals surface area contributed by atoms with Gasteiger partial charge in [0.15, 0.2) is 0 Å². The van der Waals surface area contributed by atoms with Crippen LogP contribution >= 0.6 is 0 Å². The Bertz CT molecular complexity index is 549. The minimum Gasteiger partial charge on any atom is -0.872 e. The van der Waals surface area contributed by atoms with E-state index in [1.54, 1.807) is 19.1 Å². The average Bonchev–Trinajstić information content (AvgIpc) is 2.58. The summed E-state index contributed by atoms with van der Waals surface area (Å²) >= 11 is 0. The summed E-state index contributed by atoms with van der Waals surface area (Å²) in [5.41, 5.74) is 1.50. The summed E-state index contributed by atoms with van der Waals surface area (Å²) in [4.78, 5) is 23.4. The summed E-state index contributed by atoms with van der Waals surface area (Å²) in [6.45, 7) is 1.75. The Balaban J connectivity index is 0.00000200. The first kappa shape index (κ1) is 16.6. The molecule has 1 aromatic rings. The fourth-order valence-corrected chi connectivity index (χ4v) is 2.23. The van der Waals surface area contributed by atoms with E-state index in [0.717, 1.165) is 12.0 Å². The van der Waals surface area contributed by atoms with E-state index >= 15 is 0 Å². The first-order valence-electron chi connectivity index (χ1n) is 6.35. The van der Waals surface area contributed by atoms with Gasteiger partial charge in [-0.1, -0.05) is 30.0 Å². The standard InChI is InChI=1S/C15H16O4.Li/c1-2-19-15(18)14(17)12-9-5-7-10-6-3-4-8-11(10)13(12)16;/h3-4,6,8,16H,2,5,7,9H2,1H3;/q;+1/p-1. The van der Waals surface area contributed by atoms with Gasteiger partial charge in [0.25, 0.3) is 5.78 Å². The molecule has 5 heteroatoms. The molecule has 0 spiro atoms. The fourth-order valence-electron chi connectivity index (χ4n) is 2.23. The third-order valence-electron chi connectivity index (χ3n) is 3.14. The fraction of sp³-hybridized carbons (Fsp3) is 0.333. The summed E-state index contributed by atoms with van der Waals surface area (Å²) in [6.07, 6.45) is 1.75. The van der Waals surface area contributed by atoms with E-state index in [1.165, 1.54) is 0 Å².